The molecular weight excluding hydrogens is 200 g/mol. The van der Waals surface area contributed by atoms with Crippen LogP contribution in [-0.4, -0.2) is 12.5 Å². The quantitative estimate of drug-likeness (QED) is 0.656. The van der Waals surface area contributed by atoms with Gasteiger partial charge in [-0.1, -0.05) is 12.0 Å². The highest BCUT2D eigenvalue weighted by Crippen LogP contribution is 2.17. The smallest absolute Gasteiger partial charge is 0.251 e. The first-order chi connectivity index (χ1) is 7.81. The van der Waals surface area contributed by atoms with Crippen LogP contribution in [0.25, 0.3) is 0 Å². The lowest BCUT2D eigenvalue weighted by molar-refractivity contribution is -0.113. The maximum absolute atomic E-state index is 11.4. The van der Waals surface area contributed by atoms with Gasteiger partial charge in [-0.2, -0.15) is 5.26 Å². The summed E-state index contributed by atoms with van der Waals surface area (Å²) in [6.45, 7) is 0.613. The second-order valence-electron chi connectivity index (χ2n) is 3.26. The Morgan fingerprint density at radius 2 is 2.00 bits per heavy atom. The molecule has 0 fully saturated rings. The van der Waals surface area contributed by atoms with Gasteiger partial charge in [0.25, 0.3) is 5.91 Å². The van der Waals surface area contributed by atoms with Crippen LogP contribution in [0.5, 0.6) is 0 Å². The van der Waals surface area contributed by atoms with E-state index in [9.17, 15) is 4.79 Å². The third-order valence-corrected chi connectivity index (χ3v) is 2.26. The fourth-order valence-corrected chi connectivity index (χ4v) is 1.50. The predicted molar refractivity (Wildman–Crippen MR) is 60.4 cm³/mol. The Labute approximate surface area is 93.6 Å². The second kappa shape index (κ2) is 4.33. The van der Waals surface area contributed by atoms with E-state index in [1.165, 1.54) is 0 Å². The van der Waals surface area contributed by atoms with Crippen molar-refractivity contribution in [1.29, 1.82) is 5.26 Å². The van der Waals surface area contributed by atoms with E-state index >= 15 is 0 Å². The normalized spacial score (nSPS) is 13.2. The van der Waals surface area contributed by atoms with Crippen molar-refractivity contribution in [3.63, 3.8) is 0 Å². The first kappa shape index (κ1) is 10.0. The Bertz CT molecular complexity index is 538. The summed E-state index contributed by atoms with van der Waals surface area (Å²) in [6, 6.07) is 9.00. The van der Waals surface area contributed by atoms with Gasteiger partial charge < -0.3 is 4.90 Å². The van der Waals surface area contributed by atoms with Gasteiger partial charge in [-0.15, -0.1) is 0 Å². The average molecular weight is 208 g/mol. The summed E-state index contributed by atoms with van der Waals surface area (Å²) in [5, 5.41) is 8.30. The SMILES string of the molecule is N#CC#Cc1ccc(N2CC=CC2=O)cc1. The Hall–Kier alpha value is -2.52. The van der Waals surface area contributed by atoms with Gasteiger partial charge in [0.1, 0.15) is 0 Å². The van der Waals surface area contributed by atoms with Gasteiger partial charge in [-0.25, -0.2) is 0 Å². The number of amides is 1. The van der Waals surface area contributed by atoms with Crippen LogP contribution < -0.4 is 4.90 Å². The van der Waals surface area contributed by atoms with Gasteiger partial charge in [0.2, 0.25) is 0 Å². The third kappa shape index (κ3) is 1.94. The largest absolute Gasteiger partial charge is 0.305 e. The number of benzene rings is 1. The monoisotopic (exact) mass is 208 g/mol. The molecular formula is C13H8N2O. The van der Waals surface area contributed by atoms with Crippen LogP contribution in [0.3, 0.4) is 0 Å². The molecule has 0 saturated heterocycles. The lowest BCUT2D eigenvalue weighted by atomic mass is 10.2. The number of carbonyl (C=O) groups is 1. The van der Waals surface area contributed by atoms with Crippen molar-refractivity contribution in [1.82, 2.24) is 0 Å². The molecule has 16 heavy (non-hydrogen) atoms. The summed E-state index contributed by atoms with van der Waals surface area (Å²) in [5.74, 6) is 5.01. The van der Waals surface area contributed by atoms with Crippen LogP contribution in [-0.2, 0) is 4.79 Å². The molecule has 1 amide bonds. The van der Waals surface area contributed by atoms with Gasteiger partial charge >= 0.3 is 0 Å². The predicted octanol–water partition coefficient (Wildman–Crippen LogP) is 1.46. The van der Waals surface area contributed by atoms with Crippen LogP contribution in [0.1, 0.15) is 5.56 Å². The number of anilines is 1. The van der Waals surface area contributed by atoms with E-state index in [2.05, 4.69) is 11.8 Å². The zero-order valence-corrected chi connectivity index (χ0v) is 8.47. The van der Waals surface area contributed by atoms with Crippen LogP contribution in [0.4, 0.5) is 5.69 Å². The first-order valence-corrected chi connectivity index (χ1v) is 4.79. The number of hydrogen-bond acceptors (Lipinski definition) is 2. The Morgan fingerprint density at radius 1 is 1.25 bits per heavy atom. The first-order valence-electron chi connectivity index (χ1n) is 4.79. The van der Waals surface area contributed by atoms with Crippen LogP contribution in [0.15, 0.2) is 36.4 Å². The molecule has 1 aromatic carbocycles. The van der Waals surface area contributed by atoms with Crippen LogP contribution >= 0.6 is 0 Å². The number of nitrogens with zero attached hydrogens (tertiary/aromatic N) is 2. The molecule has 1 aliphatic heterocycles. The van der Waals surface area contributed by atoms with Crippen molar-refractivity contribution in [2.24, 2.45) is 0 Å². The maximum Gasteiger partial charge on any atom is 0.251 e. The molecule has 76 valence electrons. The zero-order chi connectivity index (χ0) is 11.4. The Morgan fingerprint density at radius 3 is 2.56 bits per heavy atom. The molecule has 0 spiro atoms. The fourth-order valence-electron chi connectivity index (χ4n) is 1.50. The summed E-state index contributed by atoms with van der Waals surface area (Å²) < 4.78 is 0. The highest BCUT2D eigenvalue weighted by atomic mass is 16.2. The number of carbonyl (C=O) groups excluding carboxylic acids is 1. The molecule has 3 nitrogen and oxygen atoms in total. The van der Waals surface area contributed by atoms with E-state index in [0.29, 0.717) is 6.54 Å². The van der Waals surface area contributed by atoms with E-state index in [-0.39, 0.29) is 5.91 Å². The Balaban J connectivity index is 2.20. The molecule has 1 aliphatic rings. The highest BCUT2D eigenvalue weighted by molar-refractivity contribution is 6.04. The van der Waals surface area contributed by atoms with Crippen molar-refractivity contribution < 1.29 is 4.79 Å². The van der Waals surface area contributed by atoms with Crippen molar-refractivity contribution in [3.05, 3.63) is 42.0 Å². The van der Waals surface area contributed by atoms with Crippen molar-refractivity contribution in [2.75, 3.05) is 11.4 Å². The summed E-state index contributed by atoms with van der Waals surface area (Å²) in [7, 11) is 0. The summed E-state index contributed by atoms with van der Waals surface area (Å²) in [6.07, 6.45) is 3.38. The fraction of sp³-hybridized carbons (Fsp3) is 0.0769. The van der Waals surface area contributed by atoms with Gasteiger partial charge in [0, 0.05) is 29.8 Å². The minimum Gasteiger partial charge on any atom is -0.305 e. The summed E-state index contributed by atoms with van der Waals surface area (Å²) >= 11 is 0. The van der Waals surface area contributed by atoms with E-state index in [1.54, 1.807) is 29.2 Å². The van der Waals surface area contributed by atoms with Crippen molar-refractivity contribution in [2.45, 2.75) is 0 Å². The average Bonchev–Trinajstić information content (AvgIpc) is 2.74. The van der Waals surface area contributed by atoms with Gasteiger partial charge in [-0.05, 0) is 24.3 Å². The minimum absolute atomic E-state index is 0.00383. The zero-order valence-electron chi connectivity index (χ0n) is 8.47. The van der Waals surface area contributed by atoms with Gasteiger partial charge in [0.05, 0.1) is 0 Å². The molecule has 0 atom stereocenters. The minimum atomic E-state index is -0.00383. The lowest BCUT2D eigenvalue weighted by Crippen LogP contribution is -2.24. The molecule has 1 aromatic rings. The van der Waals surface area contributed by atoms with Crippen LogP contribution in [0.2, 0.25) is 0 Å². The molecule has 2 rings (SSSR count). The van der Waals surface area contributed by atoms with E-state index < -0.39 is 0 Å². The summed E-state index contributed by atoms with van der Waals surface area (Å²) in [4.78, 5) is 13.1. The standard InChI is InChI=1S/C13H8N2O/c14-9-1-3-11-5-7-12(8-6-11)15-10-2-4-13(15)16/h2,4-8H,10H2. The molecule has 3 heteroatoms. The Kier molecular flexibility index (Phi) is 2.71. The van der Waals surface area contributed by atoms with Crippen molar-refractivity contribution >= 4 is 11.6 Å². The van der Waals surface area contributed by atoms with Gasteiger partial charge in [-0.3, -0.25) is 4.79 Å². The van der Waals surface area contributed by atoms with Crippen LogP contribution in [0, 0.1) is 23.2 Å². The molecule has 0 radical (unpaired) electrons. The second-order valence-corrected chi connectivity index (χ2v) is 3.26. The lowest BCUT2D eigenvalue weighted by Gasteiger charge is -2.15. The third-order valence-electron chi connectivity index (χ3n) is 2.26. The van der Waals surface area contributed by atoms with E-state index in [4.69, 9.17) is 5.26 Å². The molecule has 0 aromatic heterocycles. The maximum atomic E-state index is 11.4. The number of nitriles is 1. The highest BCUT2D eigenvalue weighted by Gasteiger charge is 2.15. The van der Waals surface area contributed by atoms with E-state index in [1.807, 2.05) is 18.2 Å². The molecule has 0 saturated carbocycles. The summed E-state index contributed by atoms with van der Waals surface area (Å²) in [5.41, 5.74) is 1.61. The molecule has 0 unspecified atom stereocenters. The molecule has 1 heterocycles. The topological polar surface area (TPSA) is 44.1 Å². The number of hydrogen-bond donors (Lipinski definition) is 0. The molecule has 0 N–H and O–H groups in total. The molecule has 0 bridgehead atoms. The van der Waals surface area contributed by atoms with E-state index in [0.717, 1.165) is 11.3 Å². The van der Waals surface area contributed by atoms with Gasteiger partial charge in [0.15, 0.2) is 6.07 Å². The number of rotatable bonds is 1. The van der Waals surface area contributed by atoms with Crippen molar-refractivity contribution in [3.8, 4) is 17.9 Å². The molecule has 0 aliphatic carbocycles.